The summed E-state index contributed by atoms with van der Waals surface area (Å²) in [5.74, 6) is 0.402. The molecule has 0 radical (unpaired) electrons. The van der Waals surface area contributed by atoms with Gasteiger partial charge in [-0.05, 0) is 24.1 Å². The number of nitrogens with zero attached hydrogens (tertiary/aromatic N) is 1. The number of nitriles is 1. The number of hydrogen-bond donors (Lipinski definition) is 0. The van der Waals surface area contributed by atoms with E-state index >= 15 is 0 Å². The predicted octanol–water partition coefficient (Wildman–Crippen LogP) is 4.37. The van der Waals surface area contributed by atoms with Crippen LogP contribution >= 0.6 is 23.4 Å². The SMILES string of the molecule is CCC(C)C(C#N)Sc1cccc(Cl)c1. The third-order valence-electron chi connectivity index (χ3n) is 2.35. The second kappa shape index (κ2) is 6.05. The Morgan fingerprint density at radius 1 is 1.53 bits per heavy atom. The molecule has 0 aliphatic heterocycles. The minimum atomic E-state index is 0.00784. The summed E-state index contributed by atoms with van der Waals surface area (Å²) in [5.41, 5.74) is 0. The Morgan fingerprint density at radius 3 is 2.80 bits per heavy atom. The van der Waals surface area contributed by atoms with Gasteiger partial charge < -0.3 is 0 Å². The Hall–Kier alpha value is -0.650. The molecule has 0 fully saturated rings. The predicted molar refractivity (Wildman–Crippen MR) is 66.2 cm³/mol. The maximum atomic E-state index is 9.05. The highest BCUT2D eigenvalue weighted by molar-refractivity contribution is 8.00. The molecule has 0 N–H and O–H groups in total. The van der Waals surface area contributed by atoms with Crippen molar-refractivity contribution >= 4 is 23.4 Å². The maximum absolute atomic E-state index is 9.05. The van der Waals surface area contributed by atoms with E-state index in [2.05, 4.69) is 19.9 Å². The number of benzene rings is 1. The summed E-state index contributed by atoms with van der Waals surface area (Å²) in [5, 5.41) is 9.79. The zero-order valence-electron chi connectivity index (χ0n) is 8.90. The average Bonchev–Trinajstić information content (AvgIpc) is 2.25. The van der Waals surface area contributed by atoms with E-state index in [1.165, 1.54) is 0 Å². The molecular weight excluding hydrogens is 226 g/mol. The molecule has 15 heavy (non-hydrogen) atoms. The van der Waals surface area contributed by atoms with Crippen molar-refractivity contribution < 1.29 is 0 Å². The molecule has 1 rings (SSSR count). The maximum Gasteiger partial charge on any atom is 0.0988 e. The van der Waals surface area contributed by atoms with E-state index in [0.29, 0.717) is 5.92 Å². The van der Waals surface area contributed by atoms with Crippen LogP contribution in [0.4, 0.5) is 0 Å². The molecule has 0 saturated carbocycles. The lowest BCUT2D eigenvalue weighted by Crippen LogP contribution is -2.10. The molecule has 0 bridgehead atoms. The van der Waals surface area contributed by atoms with Crippen molar-refractivity contribution in [2.75, 3.05) is 0 Å². The van der Waals surface area contributed by atoms with Gasteiger partial charge in [-0.15, -0.1) is 11.8 Å². The van der Waals surface area contributed by atoms with Crippen molar-refractivity contribution in [3.63, 3.8) is 0 Å². The number of thioether (sulfide) groups is 1. The summed E-state index contributed by atoms with van der Waals surface area (Å²) in [4.78, 5) is 1.06. The van der Waals surface area contributed by atoms with E-state index in [1.807, 2.05) is 24.3 Å². The summed E-state index contributed by atoms with van der Waals surface area (Å²) in [6.45, 7) is 4.21. The molecule has 0 aliphatic carbocycles. The van der Waals surface area contributed by atoms with Gasteiger partial charge in [0, 0.05) is 9.92 Å². The third-order valence-corrected chi connectivity index (χ3v) is 3.93. The molecule has 0 aromatic heterocycles. The monoisotopic (exact) mass is 239 g/mol. The smallest absolute Gasteiger partial charge is 0.0988 e. The first-order valence-corrected chi connectivity index (χ1v) is 6.25. The molecule has 0 spiro atoms. The van der Waals surface area contributed by atoms with Crippen molar-refractivity contribution in [2.45, 2.75) is 30.4 Å². The van der Waals surface area contributed by atoms with Gasteiger partial charge in [0.05, 0.1) is 11.3 Å². The van der Waals surface area contributed by atoms with Crippen LogP contribution in [0, 0.1) is 17.2 Å². The second-order valence-corrected chi connectivity index (χ2v) is 5.16. The van der Waals surface area contributed by atoms with E-state index in [0.717, 1.165) is 16.3 Å². The Balaban J connectivity index is 2.72. The fraction of sp³-hybridized carbons (Fsp3) is 0.417. The van der Waals surface area contributed by atoms with E-state index in [-0.39, 0.29) is 5.25 Å². The van der Waals surface area contributed by atoms with Crippen LogP contribution in [0.2, 0.25) is 5.02 Å². The van der Waals surface area contributed by atoms with E-state index < -0.39 is 0 Å². The van der Waals surface area contributed by atoms with Gasteiger partial charge in [0.2, 0.25) is 0 Å². The third kappa shape index (κ3) is 3.77. The fourth-order valence-corrected chi connectivity index (χ4v) is 2.55. The van der Waals surface area contributed by atoms with Gasteiger partial charge in [0.15, 0.2) is 0 Å². The summed E-state index contributed by atoms with van der Waals surface area (Å²) in [6, 6.07) is 9.99. The first-order chi connectivity index (χ1) is 7.17. The lowest BCUT2D eigenvalue weighted by molar-refractivity contribution is 0.589. The number of halogens is 1. The second-order valence-electron chi connectivity index (χ2n) is 3.51. The number of hydrogen-bond acceptors (Lipinski definition) is 2. The van der Waals surface area contributed by atoms with Gasteiger partial charge in [0.25, 0.3) is 0 Å². The van der Waals surface area contributed by atoms with Crippen molar-refractivity contribution in [3.05, 3.63) is 29.3 Å². The first kappa shape index (κ1) is 12.4. The van der Waals surface area contributed by atoms with Crippen LogP contribution < -0.4 is 0 Å². The van der Waals surface area contributed by atoms with Gasteiger partial charge >= 0.3 is 0 Å². The van der Waals surface area contributed by atoms with Crippen molar-refractivity contribution in [3.8, 4) is 6.07 Å². The largest absolute Gasteiger partial charge is 0.197 e. The summed E-state index contributed by atoms with van der Waals surface area (Å²) in [7, 11) is 0. The van der Waals surface area contributed by atoms with Crippen LogP contribution in [0.3, 0.4) is 0 Å². The fourth-order valence-electron chi connectivity index (χ4n) is 1.17. The first-order valence-electron chi connectivity index (χ1n) is 4.99. The molecule has 3 heteroatoms. The molecule has 80 valence electrons. The number of rotatable bonds is 4. The van der Waals surface area contributed by atoms with Gasteiger partial charge in [0.1, 0.15) is 0 Å². The van der Waals surface area contributed by atoms with Gasteiger partial charge in [-0.1, -0.05) is 37.9 Å². The average molecular weight is 240 g/mol. The molecule has 1 aromatic carbocycles. The highest BCUT2D eigenvalue weighted by Crippen LogP contribution is 2.30. The quantitative estimate of drug-likeness (QED) is 0.729. The van der Waals surface area contributed by atoms with E-state index in [1.54, 1.807) is 11.8 Å². The summed E-state index contributed by atoms with van der Waals surface area (Å²) in [6.07, 6.45) is 1.02. The molecule has 1 nitrogen and oxygen atoms in total. The Morgan fingerprint density at radius 2 is 2.27 bits per heavy atom. The topological polar surface area (TPSA) is 23.8 Å². The molecular formula is C12H14ClNS. The molecule has 0 amide bonds. The summed E-state index contributed by atoms with van der Waals surface area (Å²) >= 11 is 7.48. The normalized spacial score (nSPS) is 14.3. The molecule has 2 unspecified atom stereocenters. The van der Waals surface area contributed by atoms with Crippen molar-refractivity contribution in [1.29, 1.82) is 5.26 Å². The van der Waals surface area contributed by atoms with Crippen LogP contribution in [-0.2, 0) is 0 Å². The van der Waals surface area contributed by atoms with Crippen LogP contribution in [0.5, 0.6) is 0 Å². The van der Waals surface area contributed by atoms with Gasteiger partial charge in [-0.3, -0.25) is 0 Å². The van der Waals surface area contributed by atoms with E-state index in [9.17, 15) is 0 Å². The van der Waals surface area contributed by atoms with Crippen LogP contribution in [0.15, 0.2) is 29.2 Å². The lowest BCUT2D eigenvalue weighted by atomic mass is 10.1. The minimum absolute atomic E-state index is 0.00784. The molecule has 0 aliphatic rings. The standard InChI is InChI=1S/C12H14ClNS/c1-3-9(2)12(8-14)15-11-6-4-5-10(13)7-11/h4-7,9,12H,3H2,1-2H3. The highest BCUT2D eigenvalue weighted by atomic mass is 35.5. The van der Waals surface area contributed by atoms with Crippen LogP contribution in [0.25, 0.3) is 0 Å². The Bertz CT molecular complexity index is 359. The lowest BCUT2D eigenvalue weighted by Gasteiger charge is -2.14. The molecule has 0 saturated heterocycles. The summed E-state index contributed by atoms with van der Waals surface area (Å²) < 4.78 is 0. The van der Waals surface area contributed by atoms with Gasteiger partial charge in [-0.2, -0.15) is 5.26 Å². The molecule has 2 atom stereocenters. The Labute approximate surface area is 100 Å². The highest BCUT2D eigenvalue weighted by Gasteiger charge is 2.16. The van der Waals surface area contributed by atoms with Gasteiger partial charge in [-0.25, -0.2) is 0 Å². The van der Waals surface area contributed by atoms with E-state index in [4.69, 9.17) is 16.9 Å². The van der Waals surface area contributed by atoms with Crippen LogP contribution in [-0.4, -0.2) is 5.25 Å². The van der Waals surface area contributed by atoms with Crippen LogP contribution in [0.1, 0.15) is 20.3 Å². The molecule has 1 aromatic rings. The Kier molecular flexibility index (Phi) is 5.01. The van der Waals surface area contributed by atoms with Crippen molar-refractivity contribution in [2.24, 2.45) is 5.92 Å². The van der Waals surface area contributed by atoms with Crippen molar-refractivity contribution in [1.82, 2.24) is 0 Å². The zero-order valence-corrected chi connectivity index (χ0v) is 10.5. The minimum Gasteiger partial charge on any atom is -0.197 e. The molecule has 0 heterocycles. The zero-order chi connectivity index (χ0) is 11.3.